The number of allylic oxidation sites excluding steroid dienone is 1. The van der Waals surface area contributed by atoms with E-state index in [1.165, 1.54) is 36.8 Å². The molecule has 0 bridgehead atoms. The van der Waals surface area contributed by atoms with Gasteiger partial charge in [0.2, 0.25) is 0 Å². The summed E-state index contributed by atoms with van der Waals surface area (Å²) < 4.78 is 0. The van der Waals surface area contributed by atoms with Crippen molar-refractivity contribution in [1.29, 1.82) is 0 Å². The lowest BCUT2D eigenvalue weighted by atomic mass is 9.79. The number of hydrogen-bond acceptors (Lipinski definition) is 2. The topological polar surface area (TPSA) is 23.5 Å². The molecule has 1 N–H and O–H groups in total. The largest absolute Gasteiger partial charge is 0.506 e. The Hall–Kier alpha value is -0.990. The Labute approximate surface area is 132 Å². The maximum atomic E-state index is 10.1. The monoisotopic (exact) mass is 305 g/mol. The molecule has 1 aliphatic carbocycles. The molecule has 1 aromatic rings. The quantitative estimate of drug-likeness (QED) is 0.772. The van der Waals surface area contributed by atoms with Crippen LogP contribution in [0.4, 0.5) is 0 Å². The fraction of sp³-hybridized carbons (Fsp3) is 0.556. The molecule has 0 fully saturated rings. The first kappa shape index (κ1) is 14.9. The van der Waals surface area contributed by atoms with Crippen LogP contribution in [0.3, 0.4) is 0 Å². The smallest absolute Gasteiger partial charge is 0.134 e. The maximum absolute atomic E-state index is 10.1. The van der Waals surface area contributed by atoms with Crippen LogP contribution in [0.2, 0.25) is 5.02 Å². The molecular formula is C18H24ClNO. The molecule has 1 heterocycles. The Balaban J connectivity index is 2.09. The van der Waals surface area contributed by atoms with Crippen LogP contribution in [0.1, 0.15) is 49.7 Å². The van der Waals surface area contributed by atoms with Gasteiger partial charge in [-0.1, -0.05) is 22.7 Å². The highest BCUT2D eigenvalue weighted by molar-refractivity contribution is 6.32. The van der Waals surface area contributed by atoms with E-state index < -0.39 is 0 Å². The molecule has 21 heavy (non-hydrogen) atoms. The van der Waals surface area contributed by atoms with Gasteiger partial charge in [0.25, 0.3) is 0 Å². The molecule has 114 valence electrons. The molecule has 0 unspecified atom stereocenters. The van der Waals surface area contributed by atoms with Gasteiger partial charge in [0.15, 0.2) is 0 Å². The van der Waals surface area contributed by atoms with Gasteiger partial charge in [0, 0.05) is 19.0 Å². The van der Waals surface area contributed by atoms with Crippen molar-refractivity contribution in [1.82, 2.24) is 4.90 Å². The van der Waals surface area contributed by atoms with Gasteiger partial charge < -0.3 is 10.0 Å². The average molecular weight is 306 g/mol. The normalized spacial score (nSPS) is 23.9. The van der Waals surface area contributed by atoms with Gasteiger partial charge in [-0.25, -0.2) is 0 Å². The minimum absolute atomic E-state index is 0.221. The van der Waals surface area contributed by atoms with E-state index in [0.717, 1.165) is 19.5 Å². The van der Waals surface area contributed by atoms with E-state index in [1.54, 1.807) is 11.1 Å². The minimum Gasteiger partial charge on any atom is -0.506 e. The molecule has 3 rings (SSSR count). The third-order valence-electron chi connectivity index (χ3n) is 5.06. The molecule has 3 heteroatoms. The molecule has 2 aliphatic rings. The van der Waals surface area contributed by atoms with Crippen LogP contribution in [0.5, 0.6) is 5.75 Å². The lowest BCUT2D eigenvalue weighted by Gasteiger charge is -2.29. The predicted molar refractivity (Wildman–Crippen MR) is 88.2 cm³/mol. The Bertz CT molecular complexity index is 579. The highest BCUT2D eigenvalue weighted by Crippen LogP contribution is 2.41. The van der Waals surface area contributed by atoms with Crippen molar-refractivity contribution in [2.75, 3.05) is 20.1 Å². The summed E-state index contributed by atoms with van der Waals surface area (Å²) in [5.41, 5.74) is 5.75. The number of likely N-dealkylation sites (N-methyl/N-ethyl adjacent to an activating group) is 1. The zero-order valence-electron chi connectivity index (χ0n) is 13.0. The summed E-state index contributed by atoms with van der Waals surface area (Å²) in [6.45, 7) is 4.38. The van der Waals surface area contributed by atoms with Crippen LogP contribution in [-0.2, 0) is 6.42 Å². The summed E-state index contributed by atoms with van der Waals surface area (Å²) in [4.78, 5) is 2.41. The van der Waals surface area contributed by atoms with Crippen molar-refractivity contribution in [2.45, 2.75) is 44.9 Å². The number of nitrogens with zero attached hydrogens (tertiary/aromatic N) is 1. The summed E-state index contributed by atoms with van der Waals surface area (Å²) in [5, 5.41) is 10.5. The highest BCUT2D eigenvalue weighted by atomic mass is 35.5. The number of fused-ring (bicyclic) bond motifs is 1. The lowest BCUT2D eigenvalue weighted by molar-refractivity contribution is 0.332. The third-order valence-corrected chi connectivity index (χ3v) is 5.36. The summed E-state index contributed by atoms with van der Waals surface area (Å²) in [6.07, 6.45) is 6.05. The number of phenolic OH excluding ortho intramolecular Hbond substituents is 1. The molecule has 0 radical (unpaired) electrons. The van der Waals surface area contributed by atoms with E-state index in [-0.39, 0.29) is 5.75 Å². The van der Waals surface area contributed by atoms with Crippen molar-refractivity contribution in [2.24, 2.45) is 0 Å². The van der Waals surface area contributed by atoms with Crippen LogP contribution >= 0.6 is 11.6 Å². The van der Waals surface area contributed by atoms with Gasteiger partial charge in [-0.3, -0.25) is 0 Å². The van der Waals surface area contributed by atoms with Crippen LogP contribution in [-0.4, -0.2) is 30.1 Å². The average Bonchev–Trinajstić information content (AvgIpc) is 2.61. The Morgan fingerprint density at radius 2 is 1.95 bits per heavy atom. The summed E-state index contributed by atoms with van der Waals surface area (Å²) >= 11 is 6.12. The molecule has 0 amide bonds. The number of hydrogen-bond donors (Lipinski definition) is 1. The highest BCUT2D eigenvalue weighted by Gasteiger charge is 2.27. The van der Waals surface area contributed by atoms with Gasteiger partial charge in [-0.15, -0.1) is 0 Å². The standard InChI is InChI=1S/C18H24ClNO/c1-12-5-3-4-6-14(12)16-11-20(2)8-7-13-9-17(19)18(21)10-15(13)16/h9-10,16,21H,3-8,11H2,1-2H3/t16-/m1/s1. The number of benzene rings is 1. The number of halogens is 1. The van der Waals surface area contributed by atoms with Crippen LogP contribution < -0.4 is 0 Å². The van der Waals surface area contributed by atoms with E-state index in [2.05, 4.69) is 18.9 Å². The summed E-state index contributed by atoms with van der Waals surface area (Å²) in [7, 11) is 2.19. The number of rotatable bonds is 1. The summed E-state index contributed by atoms with van der Waals surface area (Å²) in [5.74, 6) is 0.634. The molecule has 1 aliphatic heterocycles. The second kappa shape index (κ2) is 6.02. The Kier molecular flexibility index (Phi) is 4.28. The fourth-order valence-corrected chi connectivity index (χ4v) is 4.01. The number of phenols is 1. The fourth-order valence-electron chi connectivity index (χ4n) is 3.82. The number of aromatic hydroxyl groups is 1. The van der Waals surface area contributed by atoms with Gasteiger partial charge in [-0.05, 0) is 69.3 Å². The van der Waals surface area contributed by atoms with E-state index in [9.17, 15) is 5.11 Å². The second-order valence-corrected chi connectivity index (χ2v) is 6.99. The van der Waals surface area contributed by atoms with Crippen molar-refractivity contribution in [3.8, 4) is 5.75 Å². The Morgan fingerprint density at radius 3 is 2.71 bits per heavy atom. The third kappa shape index (κ3) is 2.97. The first-order chi connectivity index (χ1) is 10.1. The van der Waals surface area contributed by atoms with Gasteiger partial charge in [0.05, 0.1) is 5.02 Å². The van der Waals surface area contributed by atoms with Crippen molar-refractivity contribution in [3.05, 3.63) is 39.4 Å². The molecule has 0 saturated carbocycles. The molecule has 0 spiro atoms. The van der Waals surface area contributed by atoms with Gasteiger partial charge >= 0.3 is 0 Å². The van der Waals surface area contributed by atoms with Crippen molar-refractivity contribution < 1.29 is 5.11 Å². The first-order valence-electron chi connectivity index (χ1n) is 7.94. The molecule has 1 atom stereocenters. The minimum atomic E-state index is 0.221. The lowest BCUT2D eigenvalue weighted by Crippen LogP contribution is -2.25. The van der Waals surface area contributed by atoms with Crippen LogP contribution in [0.15, 0.2) is 23.3 Å². The summed E-state index contributed by atoms with van der Waals surface area (Å²) in [6, 6.07) is 3.88. The zero-order chi connectivity index (χ0) is 15.0. The van der Waals surface area contributed by atoms with E-state index in [0.29, 0.717) is 10.9 Å². The molecule has 0 aromatic heterocycles. The van der Waals surface area contributed by atoms with Crippen molar-refractivity contribution >= 4 is 11.6 Å². The first-order valence-corrected chi connectivity index (χ1v) is 8.32. The van der Waals surface area contributed by atoms with E-state index in [1.807, 2.05) is 12.1 Å². The van der Waals surface area contributed by atoms with E-state index >= 15 is 0 Å². The van der Waals surface area contributed by atoms with Crippen LogP contribution in [0, 0.1) is 0 Å². The predicted octanol–water partition coefficient (Wildman–Crippen LogP) is 4.51. The van der Waals surface area contributed by atoms with Gasteiger partial charge in [0.1, 0.15) is 5.75 Å². The van der Waals surface area contributed by atoms with E-state index in [4.69, 9.17) is 11.6 Å². The molecule has 0 saturated heterocycles. The molecule has 1 aromatic carbocycles. The van der Waals surface area contributed by atoms with Crippen LogP contribution in [0.25, 0.3) is 0 Å². The zero-order valence-corrected chi connectivity index (χ0v) is 13.7. The molecular weight excluding hydrogens is 282 g/mol. The Morgan fingerprint density at radius 1 is 1.19 bits per heavy atom. The van der Waals surface area contributed by atoms with Crippen molar-refractivity contribution in [3.63, 3.8) is 0 Å². The van der Waals surface area contributed by atoms with Gasteiger partial charge in [-0.2, -0.15) is 0 Å². The second-order valence-electron chi connectivity index (χ2n) is 6.58. The maximum Gasteiger partial charge on any atom is 0.134 e. The molecule has 2 nitrogen and oxygen atoms in total. The SMILES string of the molecule is CC1=C([C@H]2CN(C)CCc3cc(Cl)c(O)cc32)CCCC1.